The van der Waals surface area contributed by atoms with Gasteiger partial charge >= 0.3 is 5.51 Å². The summed E-state index contributed by atoms with van der Waals surface area (Å²) in [6.07, 6.45) is 7.47. The molecule has 2 amide bonds. The average Bonchev–Trinajstić information content (AvgIpc) is 3.39. The second-order valence-corrected chi connectivity index (χ2v) is 27.2. The van der Waals surface area contributed by atoms with Gasteiger partial charge in [-0.3, -0.25) is 19.4 Å². The number of allylic oxidation sites excluding steroid dienone is 1. The molecule has 3 aliphatic heterocycles. The Hall–Kier alpha value is -4.63. The molecule has 9 rings (SSSR count). The van der Waals surface area contributed by atoms with Gasteiger partial charge in [-0.2, -0.15) is 13.2 Å². The van der Waals surface area contributed by atoms with Crippen molar-refractivity contribution < 1.29 is 39.6 Å². The van der Waals surface area contributed by atoms with Crippen molar-refractivity contribution in [1.29, 1.82) is 0 Å². The van der Waals surface area contributed by atoms with Crippen molar-refractivity contribution in [3.8, 4) is 0 Å². The predicted octanol–water partition coefficient (Wildman–Crippen LogP) is 9.43. The number of amides is 2. The fraction of sp³-hybridized carbons (Fsp3) is 0.500. The van der Waals surface area contributed by atoms with Gasteiger partial charge in [0, 0.05) is 117 Å². The van der Waals surface area contributed by atoms with Crippen LogP contribution in [0.5, 0.6) is 0 Å². The number of hydrogen-bond donors (Lipinski definition) is 3. The number of carbonyl (C=O) groups is 2. The predicted molar refractivity (Wildman–Crippen MR) is 295 cm³/mol. The minimum absolute atomic E-state index is 0.00962. The summed E-state index contributed by atoms with van der Waals surface area (Å²) in [5, 5.41) is 7.12. The minimum atomic E-state index is -6.11. The number of rotatable bonds is 17. The van der Waals surface area contributed by atoms with Crippen LogP contribution in [0.3, 0.4) is 0 Å². The van der Waals surface area contributed by atoms with Gasteiger partial charge in [-0.15, -0.1) is 11.8 Å². The molecule has 2 aliphatic carbocycles. The van der Waals surface area contributed by atoms with Gasteiger partial charge in [0.15, 0.2) is 0 Å². The molecule has 0 radical (unpaired) electrons. The Morgan fingerprint density at radius 1 is 0.816 bits per heavy atom. The van der Waals surface area contributed by atoms with Crippen LogP contribution in [-0.2, 0) is 24.7 Å². The molecular formula is C56H69ClF3N7O6S3. The van der Waals surface area contributed by atoms with E-state index >= 15 is 0 Å². The molecule has 410 valence electrons. The van der Waals surface area contributed by atoms with Crippen molar-refractivity contribution in [1.82, 2.24) is 24.7 Å². The Morgan fingerprint density at radius 3 is 2.11 bits per heavy atom. The first kappa shape index (κ1) is 56.1. The van der Waals surface area contributed by atoms with Crippen LogP contribution in [0.25, 0.3) is 5.57 Å². The molecule has 4 aromatic carbocycles. The van der Waals surface area contributed by atoms with Crippen LogP contribution >= 0.6 is 23.4 Å². The molecule has 3 saturated heterocycles. The number of alkyl halides is 3. The number of anilines is 2. The highest BCUT2D eigenvalue weighted by Crippen LogP contribution is 2.44. The first-order valence-electron chi connectivity index (χ1n) is 26.4. The van der Waals surface area contributed by atoms with E-state index in [1.54, 1.807) is 12.1 Å². The number of benzene rings is 4. The number of hydrogen-bond acceptors (Lipinski definition) is 12. The second-order valence-electron chi connectivity index (χ2n) is 22.1. The lowest BCUT2D eigenvalue weighted by Crippen LogP contribution is -2.56. The number of carbonyl (C=O) groups excluding carboxylic acids is 2. The molecule has 0 bridgehead atoms. The quantitative estimate of drug-likeness (QED) is 0.0865. The summed E-state index contributed by atoms with van der Waals surface area (Å²) in [7, 11) is -11.0. The van der Waals surface area contributed by atoms with Crippen molar-refractivity contribution >= 4 is 72.0 Å². The molecule has 3 heterocycles. The van der Waals surface area contributed by atoms with Gasteiger partial charge in [0.2, 0.25) is 5.91 Å². The van der Waals surface area contributed by atoms with Gasteiger partial charge in [-0.25, -0.2) is 21.6 Å². The summed E-state index contributed by atoms with van der Waals surface area (Å²) in [6.45, 7) is 13.5. The zero-order chi connectivity index (χ0) is 53.9. The molecule has 1 spiro atoms. The summed E-state index contributed by atoms with van der Waals surface area (Å²) in [5.74, 6) is -0.453. The standard InChI is InChI=1S/C56H69ClF3N7O6S3/c1-54(2)22-20-49(40-8-12-44(57)13-9-40)43(35-54)36-65-28-30-66(31-29-65)46-14-10-41(11-15-46)52(68)63-76(72,73)48-16-17-50(51(34-48)75(70,71)56(58,59)60)62-45(37-74-47-6-4-3-5-7-47)21-25-64-26-32-67(33-27-64)53(69)42-18-23-55(24-19-42)38-61-39-55/h3-17,34,42,45,61-62H,18-33,35-39H2,1-2H3,(H,63,68)/t45-/m1/s1. The number of nitrogens with one attached hydrogen (secondary N) is 3. The minimum Gasteiger partial charge on any atom is -0.380 e. The summed E-state index contributed by atoms with van der Waals surface area (Å²) in [5.41, 5.74) is -0.736. The highest BCUT2D eigenvalue weighted by atomic mass is 35.5. The normalized spacial score (nSPS) is 20.3. The molecule has 3 N–H and O–H groups in total. The molecule has 4 fully saturated rings. The first-order chi connectivity index (χ1) is 36.2. The maximum atomic E-state index is 14.4. The maximum absolute atomic E-state index is 14.4. The lowest BCUT2D eigenvalue weighted by Gasteiger charge is -2.48. The molecule has 0 aromatic heterocycles. The third kappa shape index (κ3) is 13.4. The van der Waals surface area contributed by atoms with Crippen molar-refractivity contribution in [2.75, 3.05) is 94.5 Å². The second kappa shape index (κ2) is 23.4. The Bertz CT molecular complexity index is 2950. The van der Waals surface area contributed by atoms with E-state index in [-0.39, 0.29) is 22.8 Å². The van der Waals surface area contributed by atoms with E-state index in [2.05, 4.69) is 51.3 Å². The smallest absolute Gasteiger partial charge is 0.380 e. The fourth-order valence-corrected chi connectivity index (χ4v) is 14.6. The van der Waals surface area contributed by atoms with E-state index in [1.807, 2.05) is 52.1 Å². The van der Waals surface area contributed by atoms with Gasteiger partial charge in [0.25, 0.3) is 25.8 Å². The van der Waals surface area contributed by atoms with Crippen LogP contribution in [-0.4, -0.2) is 139 Å². The summed E-state index contributed by atoms with van der Waals surface area (Å²) in [4.78, 5) is 34.6. The Morgan fingerprint density at radius 2 is 1.47 bits per heavy atom. The SMILES string of the molecule is CC1(C)CCC(c2ccc(Cl)cc2)=C(CN2CCN(c3ccc(C(=O)NS(=O)(=O)c4ccc(N[C@H](CCN5CCN(C(=O)C6CCC7(CC6)CNC7)CC5)CSc5ccccc5)c(S(=O)(=O)C(F)(F)F)c4)cc3)CC2)C1. The Balaban J connectivity index is 0.834. The monoisotopic (exact) mass is 1120 g/mol. The fourth-order valence-electron chi connectivity index (χ4n) is 11.4. The zero-order valence-corrected chi connectivity index (χ0v) is 46.4. The Labute approximate surface area is 455 Å². The highest BCUT2D eigenvalue weighted by Gasteiger charge is 2.49. The van der Waals surface area contributed by atoms with Gasteiger partial charge in [0.1, 0.15) is 4.90 Å². The molecular weight excluding hydrogens is 1060 g/mol. The van der Waals surface area contributed by atoms with E-state index in [0.717, 1.165) is 113 Å². The van der Waals surface area contributed by atoms with E-state index in [9.17, 15) is 39.6 Å². The topological polar surface area (TPSA) is 151 Å². The maximum Gasteiger partial charge on any atom is 0.501 e. The molecule has 1 atom stereocenters. The van der Waals surface area contributed by atoms with Crippen molar-refractivity contribution in [2.45, 2.75) is 91.5 Å². The van der Waals surface area contributed by atoms with Crippen LogP contribution < -0.4 is 20.3 Å². The van der Waals surface area contributed by atoms with Gasteiger partial charge < -0.3 is 20.4 Å². The van der Waals surface area contributed by atoms with Crippen LogP contribution in [0.4, 0.5) is 24.5 Å². The van der Waals surface area contributed by atoms with E-state index < -0.39 is 52.8 Å². The first-order valence-corrected chi connectivity index (χ1v) is 30.7. The summed E-state index contributed by atoms with van der Waals surface area (Å²) in [6, 6.07) is 25.8. The van der Waals surface area contributed by atoms with E-state index in [4.69, 9.17) is 11.6 Å². The molecule has 13 nitrogen and oxygen atoms in total. The van der Waals surface area contributed by atoms with Crippen LogP contribution in [0.15, 0.2) is 117 Å². The lowest BCUT2D eigenvalue weighted by atomic mass is 9.66. The third-order valence-electron chi connectivity index (χ3n) is 16.2. The van der Waals surface area contributed by atoms with E-state index in [1.165, 1.54) is 40.6 Å². The number of halogens is 4. The summed E-state index contributed by atoms with van der Waals surface area (Å²) < 4.78 is 99.3. The number of nitrogens with zero attached hydrogens (tertiary/aromatic N) is 4. The third-order valence-corrected chi connectivity index (χ3v) is 20.4. The zero-order valence-electron chi connectivity index (χ0n) is 43.2. The lowest BCUT2D eigenvalue weighted by molar-refractivity contribution is -0.139. The van der Waals surface area contributed by atoms with Crippen molar-refractivity contribution in [3.05, 3.63) is 119 Å². The van der Waals surface area contributed by atoms with Gasteiger partial charge in [-0.05, 0) is 140 Å². The molecule has 1 saturated carbocycles. The van der Waals surface area contributed by atoms with Crippen LogP contribution in [0, 0.1) is 16.7 Å². The largest absolute Gasteiger partial charge is 0.501 e. The average molecular weight is 1120 g/mol. The van der Waals surface area contributed by atoms with Crippen molar-refractivity contribution in [3.63, 3.8) is 0 Å². The number of piperazine rings is 2. The molecule has 20 heteroatoms. The number of sulfonamides is 1. The van der Waals surface area contributed by atoms with E-state index in [0.29, 0.717) is 61.4 Å². The van der Waals surface area contributed by atoms with Crippen LogP contribution in [0.2, 0.25) is 5.02 Å². The van der Waals surface area contributed by atoms with Crippen molar-refractivity contribution in [2.24, 2.45) is 16.7 Å². The molecule has 5 aliphatic rings. The number of sulfone groups is 1. The van der Waals surface area contributed by atoms with Gasteiger partial charge in [0.05, 0.1) is 10.6 Å². The Kier molecular flexibility index (Phi) is 17.3. The number of thioether (sulfide) groups is 1. The molecule has 4 aromatic rings. The summed E-state index contributed by atoms with van der Waals surface area (Å²) >= 11 is 7.65. The highest BCUT2D eigenvalue weighted by molar-refractivity contribution is 7.99. The molecule has 0 unspecified atom stereocenters. The van der Waals surface area contributed by atoms with Gasteiger partial charge in [-0.1, -0.05) is 61.4 Å². The molecule has 76 heavy (non-hydrogen) atoms. The van der Waals surface area contributed by atoms with Crippen LogP contribution in [0.1, 0.15) is 81.1 Å².